The van der Waals surface area contributed by atoms with E-state index >= 15 is 0 Å². The molecule has 0 spiro atoms. The highest BCUT2D eigenvalue weighted by molar-refractivity contribution is 5.87. The summed E-state index contributed by atoms with van der Waals surface area (Å²) in [4.78, 5) is 11.2. The van der Waals surface area contributed by atoms with Gasteiger partial charge in [-0.25, -0.2) is 9.18 Å². The molecule has 0 aliphatic heterocycles. The van der Waals surface area contributed by atoms with Crippen molar-refractivity contribution < 1.29 is 13.9 Å². The molecule has 0 saturated heterocycles. The van der Waals surface area contributed by atoms with Gasteiger partial charge in [-0.3, -0.25) is 5.10 Å². The fourth-order valence-electron chi connectivity index (χ4n) is 1.24. The molecule has 1 rings (SSSR count). The van der Waals surface area contributed by atoms with E-state index in [1.807, 2.05) is 13.8 Å². The monoisotopic (exact) mass is 214 g/mol. The number of halogens is 1. The van der Waals surface area contributed by atoms with Crippen LogP contribution in [0.5, 0.6) is 0 Å². The molecule has 0 radical (unpaired) electrons. The zero-order chi connectivity index (χ0) is 11.4. The van der Waals surface area contributed by atoms with E-state index in [0.29, 0.717) is 18.0 Å². The fraction of sp³-hybridized carbons (Fsp3) is 0.600. The van der Waals surface area contributed by atoms with Crippen LogP contribution in [0.1, 0.15) is 37.0 Å². The van der Waals surface area contributed by atoms with Crippen molar-refractivity contribution in [3.05, 3.63) is 17.2 Å². The average molecular weight is 214 g/mol. The Labute approximate surface area is 87.8 Å². The van der Waals surface area contributed by atoms with E-state index in [4.69, 9.17) is 0 Å². The minimum Gasteiger partial charge on any atom is -0.461 e. The van der Waals surface area contributed by atoms with Gasteiger partial charge in [0.25, 0.3) is 0 Å². The van der Waals surface area contributed by atoms with Crippen LogP contribution >= 0.6 is 0 Å². The second-order valence-electron chi connectivity index (χ2n) is 3.68. The zero-order valence-corrected chi connectivity index (χ0v) is 9.13. The number of rotatable bonds is 4. The summed E-state index contributed by atoms with van der Waals surface area (Å²) in [5.41, 5.74) is 0.0977. The van der Waals surface area contributed by atoms with Crippen LogP contribution < -0.4 is 0 Å². The number of hydrogen-bond acceptors (Lipinski definition) is 3. The van der Waals surface area contributed by atoms with Crippen LogP contribution in [0, 0.1) is 11.7 Å². The van der Waals surface area contributed by atoms with Crippen molar-refractivity contribution in [3.63, 3.8) is 0 Å². The first kappa shape index (κ1) is 11.7. The normalized spacial score (nSPS) is 10.7. The maximum Gasteiger partial charge on any atom is 0.361 e. The lowest BCUT2D eigenvalue weighted by molar-refractivity contribution is 0.0514. The van der Waals surface area contributed by atoms with Gasteiger partial charge in [-0.2, -0.15) is 5.10 Å². The Kier molecular flexibility index (Phi) is 3.82. The van der Waals surface area contributed by atoms with Gasteiger partial charge in [0.15, 0.2) is 5.82 Å². The summed E-state index contributed by atoms with van der Waals surface area (Å²) in [6.45, 7) is 5.80. The largest absolute Gasteiger partial charge is 0.461 e. The predicted molar refractivity (Wildman–Crippen MR) is 53.0 cm³/mol. The molecule has 0 fully saturated rings. The highest BCUT2D eigenvalue weighted by Gasteiger charge is 2.20. The third kappa shape index (κ3) is 2.78. The van der Waals surface area contributed by atoms with Crippen LogP contribution in [0.15, 0.2) is 0 Å². The number of nitrogens with one attached hydrogen (secondary N) is 1. The molecule has 0 aromatic carbocycles. The molecule has 0 aliphatic rings. The van der Waals surface area contributed by atoms with Crippen molar-refractivity contribution in [2.75, 3.05) is 6.61 Å². The molecule has 0 unspecified atom stereocenters. The number of esters is 1. The molecule has 1 N–H and O–H groups in total. The summed E-state index contributed by atoms with van der Waals surface area (Å²) in [6, 6.07) is 0. The summed E-state index contributed by atoms with van der Waals surface area (Å²) in [7, 11) is 0. The Morgan fingerprint density at radius 3 is 2.80 bits per heavy atom. The van der Waals surface area contributed by atoms with Gasteiger partial charge in [0.05, 0.1) is 12.3 Å². The van der Waals surface area contributed by atoms with Crippen LogP contribution in [-0.2, 0) is 11.2 Å². The zero-order valence-electron chi connectivity index (χ0n) is 9.13. The molecule has 0 bridgehead atoms. The number of hydrogen-bond donors (Lipinski definition) is 1. The molecule has 0 aliphatic carbocycles. The standard InChI is InChI=1S/C10H15FN2O2/c1-4-15-10(14)9-8(11)7(12-13-9)5-6(2)3/h6H,4-5H2,1-3H3,(H,12,13). The first-order chi connectivity index (χ1) is 7.06. The van der Waals surface area contributed by atoms with Gasteiger partial charge in [-0.15, -0.1) is 0 Å². The van der Waals surface area contributed by atoms with E-state index in [2.05, 4.69) is 14.9 Å². The molecule has 5 heteroatoms. The minimum atomic E-state index is -0.721. The van der Waals surface area contributed by atoms with Crippen LogP contribution in [-0.4, -0.2) is 22.8 Å². The lowest BCUT2D eigenvalue weighted by atomic mass is 10.1. The number of ether oxygens (including phenoxy) is 1. The molecule has 1 aromatic rings. The van der Waals surface area contributed by atoms with Crippen molar-refractivity contribution in [1.29, 1.82) is 0 Å². The van der Waals surface area contributed by atoms with Crippen molar-refractivity contribution in [3.8, 4) is 0 Å². The van der Waals surface area contributed by atoms with Crippen LogP contribution in [0.2, 0.25) is 0 Å². The van der Waals surface area contributed by atoms with Crippen molar-refractivity contribution >= 4 is 5.97 Å². The first-order valence-electron chi connectivity index (χ1n) is 4.96. The molecule has 4 nitrogen and oxygen atoms in total. The Hall–Kier alpha value is -1.39. The van der Waals surface area contributed by atoms with Gasteiger partial charge < -0.3 is 4.74 Å². The number of carbonyl (C=O) groups excluding carboxylic acids is 1. The van der Waals surface area contributed by atoms with Crippen molar-refractivity contribution in [1.82, 2.24) is 10.2 Å². The molecule has 84 valence electrons. The smallest absolute Gasteiger partial charge is 0.361 e. The van der Waals surface area contributed by atoms with E-state index in [0.717, 1.165) is 0 Å². The molecule has 1 heterocycles. The number of H-pyrrole nitrogens is 1. The summed E-state index contributed by atoms with van der Waals surface area (Å²) in [5.74, 6) is -1.02. The van der Waals surface area contributed by atoms with Crippen LogP contribution in [0.25, 0.3) is 0 Å². The second-order valence-corrected chi connectivity index (χ2v) is 3.68. The lowest BCUT2D eigenvalue weighted by Gasteiger charge is -2.01. The predicted octanol–water partition coefficient (Wildman–Crippen LogP) is 1.92. The van der Waals surface area contributed by atoms with Crippen molar-refractivity contribution in [2.24, 2.45) is 5.92 Å². The molecule has 0 saturated carbocycles. The Morgan fingerprint density at radius 1 is 1.60 bits per heavy atom. The third-order valence-corrected chi connectivity index (χ3v) is 1.86. The summed E-state index contributed by atoms with van der Waals surface area (Å²) < 4.78 is 18.2. The summed E-state index contributed by atoms with van der Waals surface area (Å²) >= 11 is 0. The Balaban J connectivity index is 2.84. The third-order valence-electron chi connectivity index (χ3n) is 1.86. The topological polar surface area (TPSA) is 55.0 Å². The van der Waals surface area contributed by atoms with Gasteiger partial charge in [-0.05, 0) is 19.3 Å². The number of aromatic nitrogens is 2. The number of carbonyl (C=O) groups is 1. The van der Waals surface area contributed by atoms with Crippen molar-refractivity contribution in [2.45, 2.75) is 27.2 Å². The van der Waals surface area contributed by atoms with E-state index in [9.17, 15) is 9.18 Å². The van der Waals surface area contributed by atoms with Gasteiger partial charge in [0, 0.05) is 0 Å². The molecule has 1 aromatic heterocycles. The second kappa shape index (κ2) is 4.91. The quantitative estimate of drug-likeness (QED) is 0.779. The highest BCUT2D eigenvalue weighted by atomic mass is 19.1. The van der Waals surface area contributed by atoms with Gasteiger partial charge in [0.2, 0.25) is 5.69 Å². The first-order valence-corrected chi connectivity index (χ1v) is 4.96. The molecule has 0 atom stereocenters. The SMILES string of the molecule is CCOC(=O)c1n[nH]c(CC(C)C)c1F. The highest BCUT2D eigenvalue weighted by Crippen LogP contribution is 2.13. The van der Waals surface area contributed by atoms with E-state index < -0.39 is 11.8 Å². The van der Waals surface area contributed by atoms with Gasteiger partial charge in [-0.1, -0.05) is 13.8 Å². The van der Waals surface area contributed by atoms with Crippen LogP contribution in [0.3, 0.4) is 0 Å². The number of aromatic amines is 1. The molecular formula is C10H15FN2O2. The minimum absolute atomic E-state index is 0.213. The fourth-order valence-corrected chi connectivity index (χ4v) is 1.24. The molecule has 0 amide bonds. The average Bonchev–Trinajstić information content (AvgIpc) is 2.48. The van der Waals surface area contributed by atoms with E-state index in [-0.39, 0.29) is 12.3 Å². The maximum absolute atomic E-state index is 13.6. The molecular weight excluding hydrogens is 199 g/mol. The van der Waals surface area contributed by atoms with E-state index in [1.165, 1.54) is 0 Å². The molecule has 15 heavy (non-hydrogen) atoms. The van der Waals surface area contributed by atoms with Gasteiger partial charge >= 0.3 is 5.97 Å². The summed E-state index contributed by atoms with van der Waals surface area (Å²) in [5, 5.41) is 6.13. The van der Waals surface area contributed by atoms with E-state index in [1.54, 1.807) is 6.92 Å². The van der Waals surface area contributed by atoms with Gasteiger partial charge in [0.1, 0.15) is 0 Å². The maximum atomic E-state index is 13.6. The summed E-state index contributed by atoms with van der Waals surface area (Å²) in [6.07, 6.45) is 0.526. The number of nitrogens with zero attached hydrogens (tertiary/aromatic N) is 1. The Bertz CT molecular complexity index is 347. The lowest BCUT2D eigenvalue weighted by Crippen LogP contribution is -2.07. The van der Waals surface area contributed by atoms with Crippen LogP contribution in [0.4, 0.5) is 4.39 Å². The Morgan fingerprint density at radius 2 is 2.27 bits per heavy atom.